The summed E-state index contributed by atoms with van der Waals surface area (Å²) < 4.78 is 32.0. The first-order valence-corrected chi connectivity index (χ1v) is 11.2. The predicted molar refractivity (Wildman–Crippen MR) is 112 cm³/mol. The molecular weight excluding hydrogens is 390 g/mol. The smallest absolute Gasteiger partial charge is 0.243 e. The number of methoxy groups -OCH3 is 1. The van der Waals surface area contributed by atoms with Gasteiger partial charge in [0.15, 0.2) is 0 Å². The zero-order valence-electron chi connectivity index (χ0n) is 16.6. The van der Waals surface area contributed by atoms with Crippen LogP contribution in [0, 0.1) is 0 Å². The Kier molecular flexibility index (Phi) is 7.24. The van der Waals surface area contributed by atoms with Crippen LogP contribution in [-0.2, 0) is 21.4 Å². The van der Waals surface area contributed by atoms with Gasteiger partial charge in [0.1, 0.15) is 5.75 Å². The van der Waals surface area contributed by atoms with Gasteiger partial charge in [-0.15, -0.1) is 0 Å². The van der Waals surface area contributed by atoms with Crippen LogP contribution in [0.1, 0.15) is 24.8 Å². The van der Waals surface area contributed by atoms with E-state index in [0.717, 1.165) is 30.6 Å². The summed E-state index contributed by atoms with van der Waals surface area (Å²) in [7, 11) is -1.84. The summed E-state index contributed by atoms with van der Waals surface area (Å²) in [6, 6.07) is 14.0. The minimum atomic E-state index is -3.46. The highest BCUT2D eigenvalue weighted by molar-refractivity contribution is 7.89. The Balaban J connectivity index is 1.49. The van der Waals surface area contributed by atoms with E-state index in [-0.39, 0.29) is 17.3 Å². The number of rotatable bonds is 8. The minimum absolute atomic E-state index is 0.153. The molecule has 2 aromatic rings. The van der Waals surface area contributed by atoms with Gasteiger partial charge in [-0.1, -0.05) is 18.6 Å². The number of nitrogens with zero attached hydrogens (tertiary/aromatic N) is 1. The van der Waals surface area contributed by atoms with E-state index < -0.39 is 10.0 Å². The van der Waals surface area contributed by atoms with Crippen molar-refractivity contribution in [2.45, 2.75) is 30.7 Å². The van der Waals surface area contributed by atoms with E-state index in [2.05, 4.69) is 10.6 Å². The molecule has 1 fully saturated rings. The van der Waals surface area contributed by atoms with Gasteiger partial charge in [0.2, 0.25) is 15.9 Å². The first-order valence-electron chi connectivity index (χ1n) is 9.73. The van der Waals surface area contributed by atoms with Crippen molar-refractivity contribution in [3.63, 3.8) is 0 Å². The molecule has 0 radical (unpaired) electrons. The second-order valence-electron chi connectivity index (χ2n) is 6.99. The maximum atomic E-state index is 12.7. The average molecular weight is 418 g/mol. The highest BCUT2D eigenvalue weighted by Gasteiger charge is 2.25. The number of piperidine rings is 1. The lowest BCUT2D eigenvalue weighted by molar-refractivity contribution is -0.115. The lowest BCUT2D eigenvalue weighted by Crippen LogP contribution is -2.35. The number of nitrogens with one attached hydrogen (secondary N) is 2. The number of amides is 1. The van der Waals surface area contributed by atoms with E-state index >= 15 is 0 Å². The maximum Gasteiger partial charge on any atom is 0.243 e. The molecule has 0 unspecified atom stereocenters. The van der Waals surface area contributed by atoms with Crippen molar-refractivity contribution in [2.75, 3.05) is 32.1 Å². The number of ether oxygens (including phenoxy) is 1. The van der Waals surface area contributed by atoms with Crippen LogP contribution in [-0.4, -0.2) is 45.4 Å². The topological polar surface area (TPSA) is 87.7 Å². The van der Waals surface area contributed by atoms with Crippen molar-refractivity contribution in [3.8, 4) is 5.75 Å². The highest BCUT2D eigenvalue weighted by atomic mass is 32.2. The molecule has 0 saturated carbocycles. The predicted octanol–water partition coefficient (Wildman–Crippen LogP) is 2.60. The fourth-order valence-electron chi connectivity index (χ4n) is 3.23. The van der Waals surface area contributed by atoms with Gasteiger partial charge in [-0.2, -0.15) is 4.31 Å². The van der Waals surface area contributed by atoms with E-state index in [1.165, 1.54) is 4.31 Å². The molecule has 156 valence electrons. The Morgan fingerprint density at radius 2 is 1.66 bits per heavy atom. The lowest BCUT2D eigenvalue weighted by atomic mass is 10.2. The third kappa shape index (κ3) is 5.79. The fourth-order valence-corrected chi connectivity index (χ4v) is 4.75. The second kappa shape index (κ2) is 9.87. The summed E-state index contributed by atoms with van der Waals surface area (Å²) >= 11 is 0. The number of benzene rings is 2. The zero-order valence-corrected chi connectivity index (χ0v) is 17.4. The van der Waals surface area contributed by atoms with Crippen LogP contribution < -0.4 is 15.4 Å². The van der Waals surface area contributed by atoms with E-state index in [1.807, 2.05) is 24.3 Å². The molecule has 0 spiro atoms. The maximum absolute atomic E-state index is 12.7. The summed E-state index contributed by atoms with van der Waals surface area (Å²) in [5, 5.41) is 5.86. The van der Waals surface area contributed by atoms with Crippen molar-refractivity contribution < 1.29 is 17.9 Å². The largest absolute Gasteiger partial charge is 0.497 e. The van der Waals surface area contributed by atoms with E-state index in [0.29, 0.717) is 25.3 Å². The van der Waals surface area contributed by atoms with Gasteiger partial charge < -0.3 is 15.4 Å². The Bertz CT molecular complexity index is 906. The van der Waals surface area contributed by atoms with Crippen molar-refractivity contribution >= 4 is 21.6 Å². The SMILES string of the molecule is COc1ccc(CNCC(=O)Nc2ccc(S(=O)(=O)N3CCCCC3)cc2)cc1. The van der Waals surface area contributed by atoms with Gasteiger partial charge in [0.25, 0.3) is 0 Å². The summed E-state index contributed by atoms with van der Waals surface area (Å²) in [6.07, 6.45) is 2.87. The minimum Gasteiger partial charge on any atom is -0.497 e. The molecule has 1 aliphatic rings. The van der Waals surface area contributed by atoms with Crippen molar-refractivity contribution in [1.82, 2.24) is 9.62 Å². The molecule has 0 bridgehead atoms. The number of carbonyl (C=O) groups is 1. The number of hydrogen-bond acceptors (Lipinski definition) is 5. The average Bonchev–Trinajstić information content (AvgIpc) is 2.75. The Morgan fingerprint density at radius 1 is 1.00 bits per heavy atom. The molecule has 2 aromatic carbocycles. The standard InChI is InChI=1S/C21H27N3O4S/c1-28-19-9-5-17(6-10-19)15-22-16-21(25)23-18-7-11-20(12-8-18)29(26,27)24-13-3-2-4-14-24/h5-12,22H,2-4,13-16H2,1H3,(H,23,25). The second-order valence-corrected chi connectivity index (χ2v) is 8.93. The molecule has 0 aliphatic carbocycles. The number of sulfonamides is 1. The van der Waals surface area contributed by atoms with Crippen LogP contribution in [0.3, 0.4) is 0 Å². The molecule has 1 saturated heterocycles. The van der Waals surface area contributed by atoms with Crippen molar-refractivity contribution in [1.29, 1.82) is 0 Å². The van der Waals surface area contributed by atoms with Crippen LogP contribution in [0.25, 0.3) is 0 Å². The highest BCUT2D eigenvalue weighted by Crippen LogP contribution is 2.22. The molecule has 29 heavy (non-hydrogen) atoms. The molecule has 8 heteroatoms. The number of carbonyl (C=O) groups excluding carboxylic acids is 1. The normalized spacial score (nSPS) is 15.1. The van der Waals surface area contributed by atoms with Crippen LogP contribution in [0.5, 0.6) is 5.75 Å². The molecule has 1 heterocycles. The van der Waals surface area contributed by atoms with Gasteiger partial charge >= 0.3 is 0 Å². The Hall–Kier alpha value is -2.42. The molecular formula is C21H27N3O4S. The first-order chi connectivity index (χ1) is 14.0. The van der Waals surface area contributed by atoms with Gasteiger partial charge in [0, 0.05) is 25.3 Å². The van der Waals surface area contributed by atoms with E-state index in [1.54, 1.807) is 31.4 Å². The molecule has 1 amide bonds. The number of anilines is 1. The van der Waals surface area contributed by atoms with Crippen molar-refractivity contribution in [2.24, 2.45) is 0 Å². The summed E-state index contributed by atoms with van der Waals surface area (Å²) in [4.78, 5) is 12.4. The van der Waals surface area contributed by atoms with Crippen LogP contribution in [0.4, 0.5) is 5.69 Å². The van der Waals surface area contributed by atoms with Crippen LogP contribution in [0.15, 0.2) is 53.4 Å². The van der Waals surface area contributed by atoms with Gasteiger partial charge in [0.05, 0.1) is 18.6 Å². The van der Waals surface area contributed by atoms with E-state index in [9.17, 15) is 13.2 Å². The van der Waals surface area contributed by atoms with E-state index in [4.69, 9.17) is 4.74 Å². The van der Waals surface area contributed by atoms with Crippen LogP contribution in [0.2, 0.25) is 0 Å². The van der Waals surface area contributed by atoms with Gasteiger partial charge in [-0.25, -0.2) is 8.42 Å². The molecule has 2 N–H and O–H groups in total. The zero-order chi connectivity index (χ0) is 20.7. The summed E-state index contributed by atoms with van der Waals surface area (Å²) in [5.41, 5.74) is 1.62. The molecule has 1 aliphatic heterocycles. The summed E-state index contributed by atoms with van der Waals surface area (Å²) in [6.45, 7) is 1.85. The number of hydrogen-bond donors (Lipinski definition) is 2. The first kappa shape index (κ1) is 21.3. The monoisotopic (exact) mass is 417 g/mol. The summed E-state index contributed by atoms with van der Waals surface area (Å²) in [5.74, 6) is 0.599. The molecule has 7 nitrogen and oxygen atoms in total. The molecule has 0 atom stereocenters. The van der Waals surface area contributed by atoms with Gasteiger partial charge in [-0.05, 0) is 54.8 Å². The third-order valence-corrected chi connectivity index (χ3v) is 6.78. The lowest BCUT2D eigenvalue weighted by Gasteiger charge is -2.25. The quantitative estimate of drug-likeness (QED) is 0.689. The van der Waals surface area contributed by atoms with Gasteiger partial charge in [-0.3, -0.25) is 4.79 Å². The van der Waals surface area contributed by atoms with Crippen LogP contribution >= 0.6 is 0 Å². The fraction of sp³-hybridized carbons (Fsp3) is 0.381. The molecule has 0 aromatic heterocycles. The Labute approximate surface area is 172 Å². The van der Waals surface area contributed by atoms with Crippen molar-refractivity contribution in [3.05, 3.63) is 54.1 Å². The molecule has 3 rings (SSSR count). The third-order valence-electron chi connectivity index (χ3n) is 4.86. The Morgan fingerprint density at radius 3 is 2.28 bits per heavy atom.